The molecule has 184 valence electrons. The summed E-state index contributed by atoms with van der Waals surface area (Å²) in [6.45, 7) is 5.94. The average Bonchev–Trinajstić information content (AvgIpc) is 3.35. The number of aliphatic hydroxyl groups is 1. The van der Waals surface area contributed by atoms with E-state index in [2.05, 4.69) is 4.90 Å². The molecule has 0 unspecified atom stereocenters. The van der Waals surface area contributed by atoms with E-state index in [0.29, 0.717) is 31.6 Å². The van der Waals surface area contributed by atoms with E-state index in [0.717, 1.165) is 30.9 Å². The lowest BCUT2D eigenvalue weighted by Crippen LogP contribution is -2.39. The number of hydrogen-bond donors (Lipinski definition) is 1. The predicted octanol–water partition coefficient (Wildman–Crippen LogP) is 3.29. The van der Waals surface area contributed by atoms with E-state index in [-0.39, 0.29) is 29.5 Å². The minimum atomic E-state index is -0.996. The predicted molar refractivity (Wildman–Crippen MR) is 128 cm³/mol. The lowest BCUT2D eigenvalue weighted by Gasteiger charge is -2.29. The molecule has 0 spiro atoms. The number of hydrogen-bond acceptors (Lipinski definition) is 6. The molecule has 1 amide bonds. The van der Waals surface area contributed by atoms with Crippen molar-refractivity contribution >= 4 is 17.4 Å². The topological polar surface area (TPSA) is 79.3 Å². The van der Waals surface area contributed by atoms with Crippen LogP contribution in [0.4, 0.5) is 4.39 Å². The van der Waals surface area contributed by atoms with Crippen molar-refractivity contribution in [3.05, 3.63) is 70.5 Å². The molecule has 3 heterocycles. The fourth-order valence-corrected chi connectivity index (χ4v) is 5.15. The number of aliphatic hydroxyl groups excluding tert-OH is 1. The molecule has 0 bridgehead atoms. The number of benzene rings is 2. The highest BCUT2D eigenvalue weighted by Gasteiger charge is 2.46. The summed E-state index contributed by atoms with van der Waals surface area (Å²) in [7, 11) is 0. The van der Waals surface area contributed by atoms with Gasteiger partial charge in [0.15, 0.2) is 0 Å². The van der Waals surface area contributed by atoms with Gasteiger partial charge in [0.05, 0.1) is 24.8 Å². The van der Waals surface area contributed by atoms with Gasteiger partial charge in [0.1, 0.15) is 23.4 Å². The number of ketones is 1. The molecule has 0 aliphatic carbocycles. The number of likely N-dealkylation sites (tertiary alicyclic amines) is 1. The maximum absolute atomic E-state index is 15.0. The Bertz CT molecular complexity index is 1170. The maximum Gasteiger partial charge on any atom is 0.295 e. The van der Waals surface area contributed by atoms with Crippen LogP contribution < -0.4 is 4.74 Å². The van der Waals surface area contributed by atoms with E-state index in [1.165, 1.54) is 11.0 Å². The molecule has 0 radical (unpaired) electrons. The van der Waals surface area contributed by atoms with Crippen LogP contribution in [-0.4, -0.2) is 72.1 Å². The van der Waals surface area contributed by atoms with Crippen molar-refractivity contribution in [1.29, 1.82) is 0 Å². The zero-order chi connectivity index (χ0) is 24.5. The second-order valence-corrected chi connectivity index (χ2v) is 9.28. The van der Waals surface area contributed by atoms with Crippen LogP contribution in [-0.2, 0) is 20.7 Å². The highest BCUT2D eigenvalue weighted by molar-refractivity contribution is 6.46. The fourth-order valence-electron chi connectivity index (χ4n) is 5.15. The number of carbonyl (C=O) groups is 2. The van der Waals surface area contributed by atoms with Gasteiger partial charge in [0.2, 0.25) is 0 Å². The molecule has 8 heteroatoms. The zero-order valence-corrected chi connectivity index (χ0v) is 19.7. The van der Waals surface area contributed by atoms with E-state index >= 15 is 0 Å². The molecule has 5 rings (SSSR count). The lowest BCUT2D eigenvalue weighted by atomic mass is 9.94. The number of amides is 1. The summed E-state index contributed by atoms with van der Waals surface area (Å²) in [5, 5.41) is 11.3. The molecular formula is C27H29FN2O5. The number of fused-ring (bicyclic) bond motifs is 1. The number of morpholine rings is 1. The fraction of sp³-hybridized carbons (Fsp3) is 0.407. The smallest absolute Gasteiger partial charge is 0.295 e. The number of halogens is 1. The molecule has 0 saturated carbocycles. The lowest BCUT2D eigenvalue weighted by molar-refractivity contribution is -0.140. The van der Waals surface area contributed by atoms with Crippen LogP contribution in [0.25, 0.3) is 5.76 Å². The molecule has 1 N–H and O–H groups in total. The molecule has 2 aromatic rings. The second-order valence-electron chi connectivity index (χ2n) is 9.28. The van der Waals surface area contributed by atoms with Gasteiger partial charge < -0.3 is 19.5 Å². The van der Waals surface area contributed by atoms with Gasteiger partial charge in [-0.3, -0.25) is 14.5 Å². The standard InChI is InChI=1S/C27H29FN2O5/c1-17-15-19-16-18(7-8-22(19)35-17)25(31)23-24(20-5-2-3-6-21(20)28)30(27(33)26(23)32)10-4-9-29-11-13-34-14-12-29/h2-3,5-8,16-17,24,31H,4,9-15H2,1H3/t17-,24-/m1/s1. The number of Topliss-reactive ketones (excluding diaryl/α,β-unsaturated/α-hetero) is 1. The van der Waals surface area contributed by atoms with Crippen LogP contribution in [0.3, 0.4) is 0 Å². The molecular weight excluding hydrogens is 451 g/mol. The Balaban J connectivity index is 1.49. The Kier molecular flexibility index (Phi) is 6.58. The Morgan fingerprint density at radius 1 is 1.11 bits per heavy atom. The van der Waals surface area contributed by atoms with Crippen LogP contribution >= 0.6 is 0 Å². The summed E-state index contributed by atoms with van der Waals surface area (Å²) < 4.78 is 26.1. The molecule has 2 aromatic carbocycles. The maximum atomic E-state index is 15.0. The minimum absolute atomic E-state index is 0.0258. The first kappa shape index (κ1) is 23.5. The second kappa shape index (κ2) is 9.79. The van der Waals surface area contributed by atoms with Crippen molar-refractivity contribution in [2.45, 2.75) is 31.9 Å². The molecule has 3 aliphatic rings. The molecule has 2 saturated heterocycles. The van der Waals surface area contributed by atoms with Gasteiger partial charge in [0, 0.05) is 43.7 Å². The van der Waals surface area contributed by atoms with Gasteiger partial charge in [-0.05, 0) is 43.2 Å². The molecule has 3 aliphatic heterocycles. The van der Waals surface area contributed by atoms with Gasteiger partial charge >= 0.3 is 0 Å². The quantitative estimate of drug-likeness (QED) is 0.388. The van der Waals surface area contributed by atoms with E-state index in [1.54, 1.807) is 36.4 Å². The highest BCUT2D eigenvalue weighted by atomic mass is 19.1. The van der Waals surface area contributed by atoms with Crippen LogP contribution in [0.15, 0.2) is 48.0 Å². The molecule has 7 nitrogen and oxygen atoms in total. The van der Waals surface area contributed by atoms with Gasteiger partial charge in [-0.15, -0.1) is 0 Å². The summed E-state index contributed by atoms with van der Waals surface area (Å²) in [6.07, 6.45) is 1.33. The Morgan fingerprint density at radius 2 is 1.89 bits per heavy atom. The SMILES string of the molecule is C[C@@H]1Cc2cc(C(O)=C3C(=O)C(=O)N(CCCN4CCOCC4)[C@@H]3c3ccccc3F)ccc2O1. The van der Waals surface area contributed by atoms with Crippen molar-refractivity contribution < 1.29 is 28.6 Å². The van der Waals surface area contributed by atoms with Crippen LogP contribution in [0.5, 0.6) is 5.75 Å². The number of rotatable bonds is 6. The van der Waals surface area contributed by atoms with E-state index < -0.39 is 23.5 Å². The largest absolute Gasteiger partial charge is 0.507 e. The van der Waals surface area contributed by atoms with Crippen molar-refractivity contribution in [2.75, 3.05) is 39.4 Å². The van der Waals surface area contributed by atoms with Crippen molar-refractivity contribution in [1.82, 2.24) is 9.80 Å². The third kappa shape index (κ3) is 4.56. The number of carbonyl (C=O) groups excluding carboxylic acids is 2. The summed E-state index contributed by atoms with van der Waals surface area (Å²) in [4.78, 5) is 29.9. The number of ether oxygens (including phenoxy) is 2. The Labute approximate surface area is 203 Å². The van der Waals surface area contributed by atoms with Crippen LogP contribution in [0.1, 0.15) is 36.1 Å². The molecule has 2 atom stereocenters. The number of nitrogens with zero attached hydrogens (tertiary/aromatic N) is 2. The van der Waals surface area contributed by atoms with Crippen molar-refractivity contribution in [3.63, 3.8) is 0 Å². The van der Waals surface area contributed by atoms with Gasteiger partial charge in [-0.25, -0.2) is 4.39 Å². The van der Waals surface area contributed by atoms with Gasteiger partial charge in [-0.2, -0.15) is 0 Å². The first-order chi connectivity index (χ1) is 16.9. The average molecular weight is 481 g/mol. The summed E-state index contributed by atoms with van der Waals surface area (Å²) in [5.74, 6) is -1.61. The zero-order valence-electron chi connectivity index (χ0n) is 19.7. The summed E-state index contributed by atoms with van der Waals surface area (Å²) in [5.41, 5.74) is 1.44. The summed E-state index contributed by atoms with van der Waals surface area (Å²) in [6, 6.07) is 10.3. The molecule has 0 aromatic heterocycles. The molecule has 35 heavy (non-hydrogen) atoms. The minimum Gasteiger partial charge on any atom is -0.507 e. The van der Waals surface area contributed by atoms with Crippen LogP contribution in [0, 0.1) is 5.82 Å². The monoisotopic (exact) mass is 480 g/mol. The third-order valence-electron chi connectivity index (χ3n) is 6.89. The molecule has 2 fully saturated rings. The summed E-state index contributed by atoms with van der Waals surface area (Å²) >= 11 is 0. The van der Waals surface area contributed by atoms with E-state index in [4.69, 9.17) is 9.47 Å². The highest BCUT2D eigenvalue weighted by Crippen LogP contribution is 2.41. The van der Waals surface area contributed by atoms with E-state index in [1.807, 2.05) is 6.92 Å². The first-order valence-corrected chi connectivity index (χ1v) is 12.1. The van der Waals surface area contributed by atoms with Crippen LogP contribution in [0.2, 0.25) is 0 Å². The van der Waals surface area contributed by atoms with E-state index in [9.17, 15) is 19.1 Å². The van der Waals surface area contributed by atoms with Crippen molar-refractivity contribution in [2.24, 2.45) is 0 Å². The van der Waals surface area contributed by atoms with Gasteiger partial charge in [0.25, 0.3) is 11.7 Å². The Hall–Kier alpha value is -3.23. The van der Waals surface area contributed by atoms with Crippen molar-refractivity contribution in [3.8, 4) is 5.75 Å². The Morgan fingerprint density at radius 3 is 2.66 bits per heavy atom. The van der Waals surface area contributed by atoms with Gasteiger partial charge in [-0.1, -0.05) is 18.2 Å². The third-order valence-corrected chi connectivity index (χ3v) is 6.89. The normalized spacial score (nSPS) is 24.0. The first-order valence-electron chi connectivity index (χ1n) is 12.1.